The van der Waals surface area contributed by atoms with E-state index in [9.17, 15) is 8.42 Å². The van der Waals surface area contributed by atoms with Crippen molar-refractivity contribution in [1.29, 1.82) is 0 Å². The SMILES string of the molecule is O=S(=O)(O[C@H]1CCCC[C@@H]1Cl)O[C@@H]1CCCC[C@H]1Cl. The van der Waals surface area contributed by atoms with Crippen LogP contribution >= 0.6 is 23.2 Å². The molecule has 112 valence electrons. The molecule has 0 saturated heterocycles. The van der Waals surface area contributed by atoms with Crippen molar-refractivity contribution in [3.8, 4) is 0 Å². The van der Waals surface area contributed by atoms with E-state index in [4.69, 9.17) is 31.6 Å². The predicted molar refractivity (Wildman–Crippen MR) is 74.9 cm³/mol. The van der Waals surface area contributed by atoms with Crippen molar-refractivity contribution in [1.82, 2.24) is 0 Å². The van der Waals surface area contributed by atoms with Crippen molar-refractivity contribution in [3.63, 3.8) is 0 Å². The lowest BCUT2D eigenvalue weighted by Crippen LogP contribution is -2.35. The fourth-order valence-electron chi connectivity index (χ4n) is 2.65. The maximum absolute atomic E-state index is 11.9. The molecular formula is C12H20Cl2O4S. The van der Waals surface area contributed by atoms with E-state index in [1.807, 2.05) is 0 Å². The molecule has 2 aliphatic carbocycles. The lowest BCUT2D eigenvalue weighted by Gasteiger charge is -2.29. The van der Waals surface area contributed by atoms with Gasteiger partial charge in [0, 0.05) is 0 Å². The van der Waals surface area contributed by atoms with Gasteiger partial charge in [-0.3, -0.25) is 0 Å². The molecule has 0 radical (unpaired) electrons. The Bertz CT molecular complexity index is 357. The Hall–Kier alpha value is 0.450. The minimum atomic E-state index is -4.02. The number of halogens is 2. The Balaban J connectivity index is 1.90. The number of alkyl halides is 2. The monoisotopic (exact) mass is 330 g/mol. The van der Waals surface area contributed by atoms with Gasteiger partial charge >= 0.3 is 10.4 Å². The summed E-state index contributed by atoms with van der Waals surface area (Å²) in [6, 6.07) is 0. The second-order valence-electron chi connectivity index (χ2n) is 5.28. The molecule has 0 bridgehead atoms. The molecule has 2 aliphatic rings. The van der Waals surface area contributed by atoms with Crippen LogP contribution in [-0.2, 0) is 18.8 Å². The third kappa shape index (κ3) is 4.74. The van der Waals surface area contributed by atoms with E-state index in [2.05, 4.69) is 0 Å². The summed E-state index contributed by atoms with van der Waals surface area (Å²) in [5.74, 6) is 0. The first-order valence-corrected chi connectivity index (χ1v) is 9.08. The molecule has 2 rings (SSSR count). The minimum absolute atomic E-state index is 0.259. The van der Waals surface area contributed by atoms with E-state index >= 15 is 0 Å². The van der Waals surface area contributed by atoms with Crippen molar-refractivity contribution >= 4 is 33.6 Å². The lowest BCUT2D eigenvalue weighted by atomic mass is 9.97. The number of hydrogen-bond donors (Lipinski definition) is 0. The Kier molecular flexibility index (Phi) is 5.78. The molecule has 7 heteroatoms. The standard InChI is InChI=1S/C12H20Cl2O4S/c13-9-5-1-3-7-11(9)17-19(15,16)18-12-8-4-2-6-10(12)14/h9-12H,1-8H2/t9-,10+,11-,12+. The quantitative estimate of drug-likeness (QED) is 0.741. The highest BCUT2D eigenvalue weighted by Crippen LogP contribution is 2.30. The van der Waals surface area contributed by atoms with Crippen LogP contribution in [0.4, 0.5) is 0 Å². The number of rotatable bonds is 4. The highest BCUT2D eigenvalue weighted by Gasteiger charge is 2.33. The van der Waals surface area contributed by atoms with E-state index in [-0.39, 0.29) is 10.8 Å². The van der Waals surface area contributed by atoms with Crippen LogP contribution in [0.25, 0.3) is 0 Å². The third-order valence-electron chi connectivity index (χ3n) is 3.73. The van der Waals surface area contributed by atoms with Gasteiger partial charge in [0.2, 0.25) is 0 Å². The molecule has 0 N–H and O–H groups in total. The average molecular weight is 331 g/mol. The van der Waals surface area contributed by atoms with E-state index in [0.717, 1.165) is 38.5 Å². The van der Waals surface area contributed by atoms with Gasteiger partial charge in [-0.15, -0.1) is 23.2 Å². The minimum Gasteiger partial charge on any atom is -0.243 e. The Morgan fingerprint density at radius 1 is 0.737 bits per heavy atom. The Labute approximate surface area is 125 Å². The van der Waals surface area contributed by atoms with Crippen LogP contribution in [0.1, 0.15) is 51.4 Å². The first-order chi connectivity index (χ1) is 8.98. The second kappa shape index (κ2) is 6.94. The van der Waals surface area contributed by atoms with Crippen molar-refractivity contribution in [3.05, 3.63) is 0 Å². The van der Waals surface area contributed by atoms with Gasteiger partial charge in [-0.1, -0.05) is 25.7 Å². The van der Waals surface area contributed by atoms with Gasteiger partial charge in [-0.25, -0.2) is 8.37 Å². The lowest BCUT2D eigenvalue weighted by molar-refractivity contribution is 0.0917. The van der Waals surface area contributed by atoms with Crippen LogP contribution in [0.2, 0.25) is 0 Å². The molecule has 0 aromatic heterocycles. The summed E-state index contributed by atoms with van der Waals surface area (Å²) >= 11 is 12.2. The summed E-state index contributed by atoms with van der Waals surface area (Å²) in [7, 11) is -4.02. The van der Waals surface area contributed by atoms with Gasteiger partial charge in [0.05, 0.1) is 23.0 Å². The maximum atomic E-state index is 11.9. The molecule has 2 saturated carbocycles. The fourth-order valence-corrected chi connectivity index (χ4v) is 4.54. The van der Waals surface area contributed by atoms with Crippen LogP contribution in [0.5, 0.6) is 0 Å². The zero-order valence-electron chi connectivity index (χ0n) is 10.8. The van der Waals surface area contributed by atoms with Crippen LogP contribution in [0, 0.1) is 0 Å². The smallest absolute Gasteiger partial charge is 0.243 e. The molecule has 2 fully saturated rings. The van der Waals surface area contributed by atoms with Crippen molar-refractivity contribution in [2.75, 3.05) is 0 Å². The highest BCUT2D eigenvalue weighted by molar-refractivity contribution is 7.81. The van der Waals surface area contributed by atoms with E-state index in [0.29, 0.717) is 12.8 Å². The van der Waals surface area contributed by atoms with Gasteiger partial charge in [-0.05, 0) is 25.7 Å². The summed E-state index contributed by atoms with van der Waals surface area (Å²) in [6.07, 6.45) is 5.83. The van der Waals surface area contributed by atoms with Crippen LogP contribution in [0.3, 0.4) is 0 Å². The molecule has 4 nitrogen and oxygen atoms in total. The molecule has 0 aromatic rings. The summed E-state index contributed by atoms with van der Waals surface area (Å²) in [5, 5.41) is -0.518. The van der Waals surface area contributed by atoms with E-state index in [1.54, 1.807) is 0 Å². The molecule has 0 aromatic carbocycles. The number of hydrogen-bond acceptors (Lipinski definition) is 4. The second-order valence-corrected chi connectivity index (χ2v) is 7.60. The summed E-state index contributed by atoms with van der Waals surface area (Å²) in [4.78, 5) is 0. The first kappa shape index (κ1) is 15.8. The van der Waals surface area contributed by atoms with Gasteiger partial charge in [-0.2, -0.15) is 8.42 Å². The zero-order chi connectivity index (χ0) is 13.9. The van der Waals surface area contributed by atoms with E-state index in [1.165, 1.54) is 0 Å². The van der Waals surface area contributed by atoms with Crippen LogP contribution in [0.15, 0.2) is 0 Å². The molecule has 19 heavy (non-hydrogen) atoms. The summed E-state index contributed by atoms with van der Waals surface area (Å²) < 4.78 is 34.0. The summed E-state index contributed by atoms with van der Waals surface area (Å²) in [6.45, 7) is 0. The Morgan fingerprint density at radius 3 is 1.47 bits per heavy atom. The van der Waals surface area contributed by atoms with Crippen LogP contribution in [-0.4, -0.2) is 31.4 Å². The fraction of sp³-hybridized carbons (Fsp3) is 1.00. The Morgan fingerprint density at radius 2 is 1.11 bits per heavy atom. The van der Waals surface area contributed by atoms with Crippen LogP contribution < -0.4 is 0 Å². The third-order valence-corrected chi connectivity index (χ3v) is 5.69. The maximum Gasteiger partial charge on any atom is 0.400 e. The molecule has 0 amide bonds. The average Bonchev–Trinajstić information content (AvgIpc) is 2.35. The molecule has 0 aliphatic heterocycles. The van der Waals surface area contributed by atoms with Gasteiger partial charge in [0.15, 0.2) is 0 Å². The molecular weight excluding hydrogens is 311 g/mol. The van der Waals surface area contributed by atoms with Crippen molar-refractivity contribution in [2.45, 2.75) is 74.3 Å². The van der Waals surface area contributed by atoms with Gasteiger partial charge in [0.25, 0.3) is 0 Å². The largest absolute Gasteiger partial charge is 0.400 e. The van der Waals surface area contributed by atoms with Crippen molar-refractivity contribution in [2.24, 2.45) is 0 Å². The highest BCUT2D eigenvalue weighted by atomic mass is 35.5. The summed E-state index contributed by atoms with van der Waals surface area (Å²) in [5.41, 5.74) is 0. The van der Waals surface area contributed by atoms with Gasteiger partial charge in [0.1, 0.15) is 0 Å². The predicted octanol–water partition coefficient (Wildman–Crippen LogP) is 3.36. The van der Waals surface area contributed by atoms with Crippen molar-refractivity contribution < 1.29 is 16.8 Å². The van der Waals surface area contributed by atoms with Gasteiger partial charge < -0.3 is 0 Å². The normalized spacial score (nSPS) is 37.2. The molecule has 0 spiro atoms. The van der Waals surface area contributed by atoms with E-state index < -0.39 is 22.6 Å². The molecule has 0 heterocycles. The first-order valence-electron chi connectivity index (χ1n) is 6.87. The topological polar surface area (TPSA) is 52.6 Å². The molecule has 4 atom stereocenters. The molecule has 0 unspecified atom stereocenters. The zero-order valence-corrected chi connectivity index (χ0v) is 13.1.